The van der Waals surface area contributed by atoms with Crippen molar-refractivity contribution in [3.05, 3.63) is 107 Å². The Morgan fingerprint density at radius 1 is 0.973 bits per heavy atom. The van der Waals surface area contributed by atoms with Gasteiger partial charge in [0, 0.05) is 30.4 Å². The fourth-order valence-electron chi connectivity index (χ4n) is 4.11. The number of carbonyl (C=O) groups is 2. The molecule has 0 saturated carbocycles. The lowest BCUT2D eigenvalue weighted by Crippen LogP contribution is -2.26. The van der Waals surface area contributed by atoms with Crippen LogP contribution in [-0.2, 0) is 16.6 Å². The second kappa shape index (κ2) is 9.90. The Balaban J connectivity index is 1.37. The molecule has 3 aromatic heterocycles. The number of hydrogen-bond acceptors (Lipinski definition) is 6. The number of esters is 1. The number of carbonyl (C=O) groups excluding carboxylic acids is 2. The molecule has 0 spiro atoms. The number of benzene rings is 2. The number of pyridine rings is 2. The molecule has 3 heterocycles. The molecule has 0 unspecified atom stereocenters. The van der Waals surface area contributed by atoms with Crippen molar-refractivity contribution in [1.29, 1.82) is 0 Å². The van der Waals surface area contributed by atoms with Gasteiger partial charge in [0.1, 0.15) is 5.69 Å². The van der Waals surface area contributed by atoms with E-state index >= 15 is 0 Å². The summed E-state index contributed by atoms with van der Waals surface area (Å²) in [5.41, 5.74) is 3.26. The van der Waals surface area contributed by atoms with Crippen molar-refractivity contribution in [2.45, 2.75) is 6.92 Å². The fourth-order valence-corrected chi connectivity index (χ4v) is 4.11. The van der Waals surface area contributed by atoms with Crippen molar-refractivity contribution in [2.75, 3.05) is 11.9 Å². The number of anilines is 1. The van der Waals surface area contributed by atoms with Crippen LogP contribution in [0, 0.1) is 6.92 Å². The minimum atomic E-state index is -0.671. The Labute approximate surface area is 212 Å². The van der Waals surface area contributed by atoms with E-state index in [2.05, 4.69) is 15.3 Å². The summed E-state index contributed by atoms with van der Waals surface area (Å²) in [6.45, 7) is 1.17. The van der Waals surface area contributed by atoms with Crippen molar-refractivity contribution in [3.8, 4) is 16.9 Å². The molecule has 1 amide bonds. The Kier molecular flexibility index (Phi) is 6.34. The first kappa shape index (κ1) is 23.7. The van der Waals surface area contributed by atoms with Crippen LogP contribution in [0.3, 0.4) is 0 Å². The molecular weight excluding hydrogens is 470 g/mol. The van der Waals surface area contributed by atoms with Gasteiger partial charge in [0.05, 0.1) is 28.2 Å². The molecule has 5 rings (SSSR count). The molecule has 0 atom stereocenters. The van der Waals surface area contributed by atoms with Crippen LogP contribution in [0.15, 0.2) is 90.0 Å². The fraction of sp³-hybridized carbons (Fsp3) is 0.107. The van der Waals surface area contributed by atoms with Crippen LogP contribution < -0.4 is 10.9 Å². The van der Waals surface area contributed by atoms with E-state index in [9.17, 15) is 14.4 Å². The molecule has 184 valence electrons. The molecule has 5 aromatic rings. The molecule has 9 heteroatoms. The van der Waals surface area contributed by atoms with E-state index in [0.717, 1.165) is 5.56 Å². The SMILES string of the molecule is Cc1c(NC(=O)COC(=O)c2cc(-c3ccncc3)nc3ccccc23)c(=O)n(-c2ccccc2)n1C. The predicted molar refractivity (Wildman–Crippen MR) is 140 cm³/mol. The monoisotopic (exact) mass is 493 g/mol. The molecular formula is C28H23N5O4. The van der Waals surface area contributed by atoms with Crippen molar-refractivity contribution < 1.29 is 14.3 Å². The molecule has 0 fully saturated rings. The predicted octanol–water partition coefficient (Wildman–Crippen LogP) is 3.89. The van der Waals surface area contributed by atoms with Crippen LogP contribution >= 0.6 is 0 Å². The van der Waals surface area contributed by atoms with Crippen LogP contribution in [0.25, 0.3) is 27.8 Å². The highest BCUT2D eigenvalue weighted by Gasteiger charge is 2.20. The normalized spacial score (nSPS) is 10.9. The molecule has 0 bridgehead atoms. The summed E-state index contributed by atoms with van der Waals surface area (Å²) in [7, 11) is 1.73. The second-order valence-electron chi connectivity index (χ2n) is 8.37. The zero-order valence-electron chi connectivity index (χ0n) is 20.2. The molecule has 37 heavy (non-hydrogen) atoms. The van der Waals surface area contributed by atoms with E-state index in [1.165, 1.54) is 4.68 Å². The number of hydrogen-bond donors (Lipinski definition) is 1. The summed E-state index contributed by atoms with van der Waals surface area (Å²) >= 11 is 0. The Hall–Kier alpha value is -5.05. The molecule has 2 aromatic carbocycles. The molecule has 0 radical (unpaired) electrons. The summed E-state index contributed by atoms with van der Waals surface area (Å²) in [5.74, 6) is -1.29. The molecule has 0 saturated heterocycles. The van der Waals surface area contributed by atoms with Gasteiger partial charge in [-0.1, -0.05) is 36.4 Å². The first-order chi connectivity index (χ1) is 17.9. The highest BCUT2D eigenvalue weighted by Crippen LogP contribution is 2.25. The molecule has 1 N–H and O–H groups in total. The molecule has 0 aliphatic heterocycles. The van der Waals surface area contributed by atoms with Gasteiger partial charge < -0.3 is 10.1 Å². The molecule has 0 aliphatic carbocycles. The van der Waals surface area contributed by atoms with Crippen molar-refractivity contribution in [2.24, 2.45) is 7.05 Å². The molecule has 0 aliphatic rings. The topological polar surface area (TPSA) is 108 Å². The highest BCUT2D eigenvalue weighted by molar-refractivity contribution is 6.05. The third kappa shape index (κ3) is 4.62. The lowest BCUT2D eigenvalue weighted by atomic mass is 10.0. The smallest absolute Gasteiger partial charge is 0.339 e. The van der Waals surface area contributed by atoms with Crippen LogP contribution in [-0.4, -0.2) is 37.8 Å². The Morgan fingerprint density at radius 3 is 2.43 bits per heavy atom. The van der Waals surface area contributed by atoms with Crippen molar-refractivity contribution >= 4 is 28.5 Å². The average Bonchev–Trinajstić information content (AvgIpc) is 3.14. The van der Waals surface area contributed by atoms with Gasteiger partial charge in [-0.15, -0.1) is 0 Å². The van der Waals surface area contributed by atoms with E-state index in [-0.39, 0.29) is 16.8 Å². The highest BCUT2D eigenvalue weighted by atomic mass is 16.5. The summed E-state index contributed by atoms with van der Waals surface area (Å²) in [4.78, 5) is 47.5. The van der Waals surface area contributed by atoms with E-state index in [0.29, 0.717) is 28.0 Å². The van der Waals surface area contributed by atoms with E-state index < -0.39 is 18.5 Å². The van der Waals surface area contributed by atoms with Crippen molar-refractivity contribution in [3.63, 3.8) is 0 Å². The average molecular weight is 494 g/mol. The third-order valence-electron chi connectivity index (χ3n) is 6.07. The van der Waals surface area contributed by atoms with Crippen molar-refractivity contribution in [1.82, 2.24) is 19.3 Å². The largest absolute Gasteiger partial charge is 0.452 e. The quantitative estimate of drug-likeness (QED) is 0.360. The van der Waals surface area contributed by atoms with Gasteiger partial charge in [-0.3, -0.25) is 19.3 Å². The van der Waals surface area contributed by atoms with E-state index in [1.807, 2.05) is 24.3 Å². The second-order valence-corrected chi connectivity index (χ2v) is 8.37. The standard InChI is InChI=1S/C28H23N5O4/c1-18-26(27(35)33(32(18)2)20-8-4-3-5-9-20)31-25(34)17-37-28(36)22-16-24(19-12-14-29-15-13-19)30-23-11-7-6-10-21(22)23/h3-16H,17H2,1-2H3,(H,31,34). The van der Waals surface area contributed by atoms with Gasteiger partial charge in [0.25, 0.3) is 11.5 Å². The lowest BCUT2D eigenvalue weighted by Gasteiger charge is -2.10. The minimum absolute atomic E-state index is 0.127. The number of ether oxygens (including phenoxy) is 1. The minimum Gasteiger partial charge on any atom is -0.452 e. The summed E-state index contributed by atoms with van der Waals surface area (Å²) in [6, 6.07) is 21.5. The van der Waals surface area contributed by atoms with Gasteiger partial charge in [0.2, 0.25) is 0 Å². The number of aromatic nitrogens is 4. The maximum absolute atomic E-state index is 13.1. The maximum Gasteiger partial charge on any atom is 0.339 e. The van der Waals surface area contributed by atoms with Crippen LogP contribution in [0.4, 0.5) is 5.69 Å². The summed E-state index contributed by atoms with van der Waals surface area (Å²) < 4.78 is 8.47. The summed E-state index contributed by atoms with van der Waals surface area (Å²) in [5, 5.41) is 3.21. The number of rotatable bonds is 6. The first-order valence-corrected chi connectivity index (χ1v) is 11.5. The molecule has 9 nitrogen and oxygen atoms in total. The van der Waals surface area contributed by atoms with E-state index in [4.69, 9.17) is 4.74 Å². The first-order valence-electron chi connectivity index (χ1n) is 11.5. The van der Waals surface area contributed by atoms with Crippen LogP contribution in [0.2, 0.25) is 0 Å². The number of para-hydroxylation sites is 2. The number of amides is 1. The number of nitrogens with one attached hydrogen (secondary N) is 1. The lowest BCUT2D eigenvalue weighted by molar-refractivity contribution is -0.119. The van der Waals surface area contributed by atoms with Gasteiger partial charge in [-0.25, -0.2) is 14.5 Å². The van der Waals surface area contributed by atoms with E-state index in [1.54, 1.807) is 79.6 Å². The number of fused-ring (bicyclic) bond motifs is 1. The zero-order chi connectivity index (χ0) is 25.9. The zero-order valence-corrected chi connectivity index (χ0v) is 20.2. The third-order valence-corrected chi connectivity index (χ3v) is 6.07. The Morgan fingerprint density at radius 2 is 1.68 bits per heavy atom. The van der Waals surface area contributed by atoms with Gasteiger partial charge in [0.15, 0.2) is 6.61 Å². The Bertz CT molecular complexity index is 1670. The van der Waals surface area contributed by atoms with Gasteiger partial charge in [-0.2, -0.15) is 0 Å². The maximum atomic E-state index is 13.1. The van der Waals surface area contributed by atoms with Gasteiger partial charge in [-0.05, 0) is 43.3 Å². The van der Waals surface area contributed by atoms with Crippen LogP contribution in [0.5, 0.6) is 0 Å². The number of nitrogens with zero attached hydrogens (tertiary/aromatic N) is 4. The summed E-state index contributed by atoms with van der Waals surface area (Å²) in [6.07, 6.45) is 3.29. The van der Waals surface area contributed by atoms with Crippen LogP contribution in [0.1, 0.15) is 16.1 Å². The van der Waals surface area contributed by atoms with Gasteiger partial charge >= 0.3 is 5.97 Å².